The number of rotatable bonds is 0. The quantitative estimate of drug-likeness (QED) is 0.250. The molecule has 0 aliphatic rings. The van der Waals surface area contributed by atoms with Crippen molar-refractivity contribution >= 4 is 0 Å². The standard InChI is InChI=1S/Fe.HNO2/c;2-1-3/h;(H,2,3)/p-1. The van der Waals surface area contributed by atoms with E-state index in [2.05, 4.69) is 0 Å². The minimum absolute atomic E-state index is 0. The molecule has 0 N–H and O–H groups in total. The number of hydrogen-bond acceptors (Lipinski definition) is 3. The van der Waals surface area contributed by atoms with Gasteiger partial charge in [0.25, 0.3) is 0 Å². The minimum atomic E-state index is 0. The van der Waals surface area contributed by atoms with E-state index in [1.165, 1.54) is 0 Å². The third kappa shape index (κ3) is 250. The second-order valence-electron chi connectivity index (χ2n) is 0.0745. The van der Waals surface area contributed by atoms with Crippen LogP contribution in [0, 0.1) is 10.1 Å². The van der Waals surface area contributed by atoms with E-state index in [1.54, 1.807) is 0 Å². The molecule has 0 aliphatic heterocycles. The molecule has 0 spiro atoms. The van der Waals surface area contributed by atoms with E-state index in [-0.39, 0.29) is 17.1 Å². The van der Waals surface area contributed by atoms with Crippen LogP contribution in [0.2, 0.25) is 0 Å². The van der Waals surface area contributed by atoms with Crippen molar-refractivity contribution in [2.75, 3.05) is 0 Å². The fourth-order valence-electron chi connectivity index (χ4n) is 0. The number of hydrogen-bond donors (Lipinski definition) is 0. The Morgan fingerprint density at radius 3 is 1.75 bits per heavy atom. The minimum Gasteiger partial charge on any atom is -0.444 e. The Hall–Kier alpha value is -0.0805. The van der Waals surface area contributed by atoms with Crippen LogP contribution in [0.5, 0.6) is 0 Å². The summed E-state index contributed by atoms with van der Waals surface area (Å²) in [5.41, 5.74) is 0. The van der Waals surface area contributed by atoms with Gasteiger partial charge in [0.1, 0.15) is 0 Å². The molecule has 0 heterocycles. The predicted octanol–water partition coefficient (Wildman–Crippen LogP) is 0.248. The molecule has 0 atom stereocenters. The summed E-state index contributed by atoms with van der Waals surface area (Å²) in [4.78, 5) is 8.00. The van der Waals surface area contributed by atoms with E-state index >= 15 is 0 Å². The van der Waals surface area contributed by atoms with Gasteiger partial charge in [0.2, 0.25) is 0 Å². The molecule has 0 bridgehead atoms. The Balaban J connectivity index is 0. The first-order chi connectivity index (χ1) is 1.41. The Morgan fingerprint density at radius 2 is 1.75 bits per heavy atom. The fourth-order valence-corrected chi connectivity index (χ4v) is 0. The summed E-state index contributed by atoms with van der Waals surface area (Å²) in [5.74, 6) is 0. The Labute approximate surface area is 33.4 Å². The molecular formula is FeNO2-. The van der Waals surface area contributed by atoms with Crippen LogP contribution in [-0.2, 0) is 17.1 Å². The molecule has 0 fully saturated rings. The van der Waals surface area contributed by atoms with Gasteiger partial charge in [-0.25, -0.2) is 0 Å². The van der Waals surface area contributed by atoms with E-state index in [1.807, 2.05) is 0 Å². The first-order valence-electron chi connectivity index (χ1n) is 0.365. The van der Waals surface area contributed by atoms with Crippen molar-refractivity contribution in [3.05, 3.63) is 10.1 Å². The van der Waals surface area contributed by atoms with Gasteiger partial charge in [-0.15, -0.1) is 5.34 Å². The van der Waals surface area contributed by atoms with Crippen LogP contribution in [0.25, 0.3) is 0 Å². The van der Waals surface area contributed by atoms with E-state index in [9.17, 15) is 0 Å². The summed E-state index contributed by atoms with van der Waals surface area (Å²) < 4.78 is 0. The molecule has 0 aromatic heterocycles. The van der Waals surface area contributed by atoms with Crippen LogP contribution in [0.4, 0.5) is 0 Å². The Kier molecular flexibility index (Phi) is 28.8. The molecule has 0 radical (unpaired) electrons. The first-order valence-corrected chi connectivity index (χ1v) is 0.365. The van der Waals surface area contributed by atoms with Crippen LogP contribution < -0.4 is 0 Å². The Bertz CT molecular complexity index is 13.5. The zero-order valence-electron chi connectivity index (χ0n) is 1.62. The molecular weight excluding hydrogens is 102 g/mol. The smallest absolute Gasteiger partial charge is 0 e. The van der Waals surface area contributed by atoms with Crippen LogP contribution in [0.15, 0.2) is 5.34 Å². The maximum Gasteiger partial charge on any atom is 0 e. The van der Waals surface area contributed by atoms with Gasteiger partial charge >= 0.3 is 0 Å². The van der Waals surface area contributed by atoms with Crippen LogP contribution >= 0.6 is 0 Å². The van der Waals surface area contributed by atoms with E-state index < -0.39 is 0 Å². The maximum atomic E-state index is 8.00. The van der Waals surface area contributed by atoms with Gasteiger partial charge < -0.3 is 10.1 Å². The summed E-state index contributed by atoms with van der Waals surface area (Å²) >= 11 is 0. The predicted molar refractivity (Wildman–Crippen MR) is 9.16 cm³/mol. The van der Waals surface area contributed by atoms with Crippen molar-refractivity contribution in [1.29, 1.82) is 0 Å². The molecule has 0 rings (SSSR count). The van der Waals surface area contributed by atoms with Gasteiger partial charge in [-0.2, -0.15) is 0 Å². The molecule has 3 nitrogen and oxygen atoms in total. The third-order valence-electron chi connectivity index (χ3n) is 0. The molecule has 0 saturated heterocycles. The average molecular weight is 102 g/mol. The van der Waals surface area contributed by atoms with Crippen molar-refractivity contribution < 1.29 is 17.1 Å². The summed E-state index contributed by atoms with van der Waals surface area (Å²) in [7, 11) is 0. The molecule has 0 saturated carbocycles. The second kappa shape index (κ2) is 12.7. The molecule has 0 aromatic carbocycles. The monoisotopic (exact) mass is 102 g/mol. The molecule has 4 heavy (non-hydrogen) atoms. The van der Waals surface area contributed by atoms with Crippen molar-refractivity contribution in [1.82, 2.24) is 0 Å². The SMILES string of the molecule is O=N[O-].[Fe]. The fraction of sp³-hybridized carbons (Fsp3) is 0. The van der Waals surface area contributed by atoms with Gasteiger partial charge in [-0.05, 0) is 0 Å². The normalized spacial score (nSPS) is 3.00. The van der Waals surface area contributed by atoms with Gasteiger partial charge in [-0.3, -0.25) is 0 Å². The molecule has 4 heteroatoms. The maximum absolute atomic E-state index is 8.00. The number of nitrogens with zero attached hydrogens (tertiary/aromatic N) is 1. The van der Waals surface area contributed by atoms with Crippen LogP contribution in [0.1, 0.15) is 0 Å². The molecule has 0 unspecified atom stereocenters. The first kappa shape index (κ1) is 9.07. The summed E-state index contributed by atoms with van der Waals surface area (Å²) in [5, 5.41) is 9.00. The molecule has 26 valence electrons. The van der Waals surface area contributed by atoms with Gasteiger partial charge in [-0.1, -0.05) is 0 Å². The molecule has 0 amide bonds. The van der Waals surface area contributed by atoms with Crippen molar-refractivity contribution in [2.24, 2.45) is 5.34 Å². The second-order valence-corrected chi connectivity index (χ2v) is 0.0745. The Morgan fingerprint density at radius 1 is 1.75 bits per heavy atom. The summed E-state index contributed by atoms with van der Waals surface area (Å²) in [6, 6.07) is 0. The van der Waals surface area contributed by atoms with E-state index in [0.717, 1.165) is 5.34 Å². The van der Waals surface area contributed by atoms with E-state index in [0.29, 0.717) is 0 Å². The van der Waals surface area contributed by atoms with Crippen molar-refractivity contribution in [3.63, 3.8) is 0 Å². The van der Waals surface area contributed by atoms with Gasteiger partial charge in [0.15, 0.2) is 0 Å². The summed E-state index contributed by atoms with van der Waals surface area (Å²) in [6.45, 7) is 0. The van der Waals surface area contributed by atoms with Crippen molar-refractivity contribution in [3.8, 4) is 0 Å². The topological polar surface area (TPSA) is 52.5 Å². The van der Waals surface area contributed by atoms with Gasteiger partial charge in [0, 0.05) is 17.1 Å². The molecule has 0 aliphatic carbocycles. The zero-order chi connectivity index (χ0) is 2.71. The third-order valence-corrected chi connectivity index (χ3v) is 0. The van der Waals surface area contributed by atoms with Crippen LogP contribution in [-0.4, -0.2) is 0 Å². The van der Waals surface area contributed by atoms with Gasteiger partial charge in [0.05, 0.1) is 0 Å². The van der Waals surface area contributed by atoms with Crippen molar-refractivity contribution in [2.45, 2.75) is 0 Å². The zero-order valence-corrected chi connectivity index (χ0v) is 2.72. The van der Waals surface area contributed by atoms with E-state index in [4.69, 9.17) is 10.1 Å². The van der Waals surface area contributed by atoms with Crippen LogP contribution in [0.3, 0.4) is 0 Å². The average Bonchev–Trinajstić information content (AvgIpc) is 0.918. The molecule has 0 aromatic rings. The largest absolute Gasteiger partial charge is 0.444 e. The summed E-state index contributed by atoms with van der Waals surface area (Å²) in [6.07, 6.45) is 0.